The van der Waals surface area contributed by atoms with Gasteiger partial charge in [-0.15, -0.1) is 0 Å². The van der Waals surface area contributed by atoms with E-state index in [1.807, 2.05) is 32.0 Å². The Balaban J connectivity index is 1.89. The zero-order valence-electron chi connectivity index (χ0n) is 14.0. The van der Waals surface area contributed by atoms with Crippen LogP contribution in [0.1, 0.15) is 19.4 Å². The van der Waals surface area contributed by atoms with Crippen molar-refractivity contribution in [3.63, 3.8) is 0 Å². The second kappa shape index (κ2) is 5.02. The van der Waals surface area contributed by atoms with Crippen molar-refractivity contribution in [2.75, 3.05) is 0 Å². The van der Waals surface area contributed by atoms with Gasteiger partial charge < -0.3 is 4.74 Å². The molecule has 0 bridgehead atoms. The van der Waals surface area contributed by atoms with Gasteiger partial charge in [-0.1, -0.05) is 11.6 Å². The number of fused-ring (bicyclic) bond motifs is 3. The molecule has 1 aliphatic rings. The van der Waals surface area contributed by atoms with Crippen LogP contribution in [0.2, 0.25) is 5.15 Å². The van der Waals surface area contributed by atoms with Crippen molar-refractivity contribution in [3.05, 3.63) is 53.6 Å². The van der Waals surface area contributed by atoms with E-state index in [4.69, 9.17) is 21.3 Å². The number of ether oxygens (including phenoxy) is 1. The topological polar surface area (TPSA) is 69.9 Å². The van der Waals surface area contributed by atoms with Crippen LogP contribution in [0.5, 0.6) is 0 Å². The quantitative estimate of drug-likeness (QED) is 0.464. The third kappa shape index (κ3) is 1.99. The minimum atomic E-state index is -0.741. The Bertz CT molecular complexity index is 1230. The fourth-order valence-electron chi connectivity index (χ4n) is 3.49. The maximum Gasteiger partial charge on any atom is 0.421 e. The molecule has 0 saturated heterocycles. The predicted octanol–water partition coefficient (Wildman–Crippen LogP) is 4.53. The van der Waals surface area contributed by atoms with Gasteiger partial charge in [0.05, 0.1) is 11.2 Å². The van der Waals surface area contributed by atoms with Crippen LogP contribution in [0, 0.1) is 0 Å². The van der Waals surface area contributed by atoms with Gasteiger partial charge >= 0.3 is 6.09 Å². The largest absolute Gasteiger partial charge is 0.438 e. The summed E-state index contributed by atoms with van der Waals surface area (Å²) in [6, 6.07) is 7.41. The summed E-state index contributed by atoms with van der Waals surface area (Å²) < 4.78 is 7.16. The van der Waals surface area contributed by atoms with Crippen LogP contribution in [0.4, 0.5) is 4.79 Å². The summed E-state index contributed by atoms with van der Waals surface area (Å²) in [5.41, 5.74) is 2.99. The summed E-state index contributed by atoms with van der Waals surface area (Å²) >= 11 is 5.99. The lowest BCUT2D eigenvalue weighted by molar-refractivity contribution is 0.0336. The van der Waals surface area contributed by atoms with Gasteiger partial charge in [-0.2, -0.15) is 0 Å². The molecule has 0 aliphatic carbocycles. The van der Waals surface area contributed by atoms with Crippen LogP contribution in [-0.4, -0.2) is 25.6 Å². The van der Waals surface area contributed by atoms with Crippen LogP contribution in [0.3, 0.4) is 0 Å². The number of rotatable bonds is 1. The lowest BCUT2D eigenvalue weighted by Gasteiger charge is -2.30. The first-order valence-corrected chi connectivity index (χ1v) is 8.48. The molecule has 26 heavy (non-hydrogen) atoms. The molecule has 5 rings (SSSR count). The Hall–Kier alpha value is -2.99. The van der Waals surface area contributed by atoms with Gasteiger partial charge in [0.15, 0.2) is 5.65 Å². The SMILES string of the molecule is CC1(C)OC(=O)n2c3nc(-c4ccnc(Cl)c4)ccc3c3cncc1c32. The number of halogens is 1. The van der Waals surface area contributed by atoms with Gasteiger partial charge in [0, 0.05) is 40.5 Å². The summed E-state index contributed by atoms with van der Waals surface area (Å²) in [5.74, 6) is 0. The maximum absolute atomic E-state index is 12.7. The molecule has 5 heterocycles. The first-order valence-electron chi connectivity index (χ1n) is 8.10. The smallest absolute Gasteiger partial charge is 0.421 e. The van der Waals surface area contributed by atoms with Crippen molar-refractivity contribution >= 4 is 39.6 Å². The molecule has 4 aromatic rings. The summed E-state index contributed by atoms with van der Waals surface area (Å²) in [7, 11) is 0. The molecular formula is C19H13ClN4O2. The summed E-state index contributed by atoms with van der Waals surface area (Å²) in [6.45, 7) is 3.72. The molecule has 1 aliphatic heterocycles. The van der Waals surface area contributed by atoms with Crippen LogP contribution in [0.15, 0.2) is 42.9 Å². The van der Waals surface area contributed by atoms with Gasteiger partial charge in [0.2, 0.25) is 0 Å². The first-order chi connectivity index (χ1) is 12.5. The van der Waals surface area contributed by atoms with Gasteiger partial charge in [-0.3, -0.25) is 4.98 Å². The molecule has 4 aromatic heterocycles. The van der Waals surface area contributed by atoms with Crippen molar-refractivity contribution in [3.8, 4) is 11.3 Å². The molecule has 0 unspecified atom stereocenters. The fraction of sp³-hybridized carbons (Fsp3) is 0.158. The normalized spacial score (nSPS) is 15.4. The molecule has 7 heteroatoms. The fourth-order valence-corrected chi connectivity index (χ4v) is 3.66. The molecule has 0 saturated carbocycles. The van der Waals surface area contributed by atoms with Crippen molar-refractivity contribution in [2.45, 2.75) is 19.4 Å². The average molecular weight is 365 g/mol. The number of hydrogen-bond acceptors (Lipinski definition) is 5. The molecule has 0 radical (unpaired) electrons. The molecule has 0 spiro atoms. The maximum atomic E-state index is 12.7. The highest BCUT2D eigenvalue weighted by atomic mass is 35.5. The van der Waals surface area contributed by atoms with E-state index < -0.39 is 11.7 Å². The zero-order chi connectivity index (χ0) is 18.1. The van der Waals surface area contributed by atoms with E-state index >= 15 is 0 Å². The highest BCUT2D eigenvalue weighted by Gasteiger charge is 2.37. The standard InChI is InChI=1S/C19H13ClN4O2/c1-19(2)13-9-21-8-12-11-3-4-14(10-5-6-22-15(20)7-10)23-17(11)24(16(12)13)18(25)26-19/h3-9H,1-2H3. The third-order valence-corrected chi connectivity index (χ3v) is 4.92. The van der Waals surface area contributed by atoms with Crippen LogP contribution in [0.25, 0.3) is 33.2 Å². The Morgan fingerprint density at radius 3 is 2.81 bits per heavy atom. The van der Waals surface area contributed by atoms with Gasteiger partial charge in [-0.05, 0) is 38.1 Å². The van der Waals surface area contributed by atoms with Gasteiger partial charge in [0.25, 0.3) is 0 Å². The van der Waals surface area contributed by atoms with Crippen molar-refractivity contribution in [1.82, 2.24) is 19.5 Å². The first kappa shape index (κ1) is 15.3. The molecule has 0 fully saturated rings. The Kier molecular flexibility index (Phi) is 2.95. The second-order valence-corrected chi connectivity index (χ2v) is 7.12. The minimum Gasteiger partial charge on any atom is -0.438 e. The molecule has 6 nitrogen and oxygen atoms in total. The monoisotopic (exact) mass is 364 g/mol. The van der Waals surface area contributed by atoms with E-state index in [1.54, 1.807) is 24.7 Å². The number of pyridine rings is 3. The molecule has 128 valence electrons. The zero-order valence-corrected chi connectivity index (χ0v) is 14.8. The lowest BCUT2D eigenvalue weighted by atomic mass is 9.97. The highest BCUT2D eigenvalue weighted by molar-refractivity contribution is 6.29. The summed E-state index contributed by atoms with van der Waals surface area (Å²) in [4.78, 5) is 25.8. The van der Waals surface area contributed by atoms with E-state index in [2.05, 4.69) is 9.97 Å². The van der Waals surface area contributed by atoms with Crippen molar-refractivity contribution in [1.29, 1.82) is 0 Å². The molecule has 0 amide bonds. The van der Waals surface area contributed by atoms with Crippen molar-refractivity contribution < 1.29 is 9.53 Å². The van der Waals surface area contributed by atoms with Crippen LogP contribution >= 0.6 is 11.6 Å². The Labute approximate surface area is 153 Å². The summed E-state index contributed by atoms with van der Waals surface area (Å²) in [6.07, 6.45) is 4.69. The average Bonchev–Trinajstić information content (AvgIpc) is 2.94. The number of nitrogens with zero attached hydrogens (tertiary/aromatic N) is 4. The van der Waals surface area contributed by atoms with E-state index in [1.165, 1.54) is 4.57 Å². The molecule has 0 N–H and O–H groups in total. The van der Waals surface area contributed by atoms with Gasteiger partial charge in [0.1, 0.15) is 10.8 Å². The number of hydrogen-bond donors (Lipinski definition) is 0. The number of cyclic esters (lactones) is 1. The second-order valence-electron chi connectivity index (χ2n) is 6.73. The Morgan fingerprint density at radius 1 is 1.15 bits per heavy atom. The van der Waals surface area contributed by atoms with E-state index in [0.29, 0.717) is 16.5 Å². The third-order valence-electron chi connectivity index (χ3n) is 4.71. The summed E-state index contributed by atoms with van der Waals surface area (Å²) in [5, 5.41) is 2.13. The molecule has 0 aromatic carbocycles. The predicted molar refractivity (Wildman–Crippen MR) is 98.2 cm³/mol. The van der Waals surface area contributed by atoms with E-state index in [9.17, 15) is 4.79 Å². The van der Waals surface area contributed by atoms with Crippen molar-refractivity contribution in [2.24, 2.45) is 0 Å². The molecular weight excluding hydrogens is 352 g/mol. The number of aromatic nitrogens is 4. The van der Waals surface area contributed by atoms with Crippen LogP contribution < -0.4 is 0 Å². The molecule has 0 atom stereocenters. The van der Waals surface area contributed by atoms with E-state index in [-0.39, 0.29) is 0 Å². The minimum absolute atomic E-state index is 0.388. The lowest BCUT2D eigenvalue weighted by Crippen LogP contribution is -2.33. The number of carbonyl (C=O) groups excluding carboxylic acids is 1. The van der Waals surface area contributed by atoms with E-state index in [0.717, 1.165) is 27.4 Å². The Morgan fingerprint density at radius 2 is 2.00 bits per heavy atom. The van der Waals surface area contributed by atoms with Gasteiger partial charge in [-0.25, -0.2) is 19.3 Å². The highest BCUT2D eigenvalue weighted by Crippen LogP contribution is 2.40. The number of carbonyl (C=O) groups is 1. The van der Waals surface area contributed by atoms with Crippen LogP contribution in [-0.2, 0) is 10.3 Å².